The molecule has 39 heavy (non-hydrogen) atoms. The molecule has 0 radical (unpaired) electrons. The van der Waals surface area contributed by atoms with Crippen molar-refractivity contribution in [1.82, 2.24) is 19.9 Å². The second-order valence-corrected chi connectivity index (χ2v) is 12.1. The quantitative estimate of drug-likeness (QED) is 0.0477. The second-order valence-electron chi connectivity index (χ2n) is 7.53. The van der Waals surface area contributed by atoms with Crippen molar-refractivity contribution in [3.63, 3.8) is 0 Å². The molecule has 12 nitrogen and oxygen atoms in total. The van der Waals surface area contributed by atoms with Gasteiger partial charge in [0.2, 0.25) is 11.9 Å². The van der Waals surface area contributed by atoms with Crippen molar-refractivity contribution in [3.05, 3.63) is 57.8 Å². The molecule has 200 valence electrons. The summed E-state index contributed by atoms with van der Waals surface area (Å²) < 4.78 is 69.7. The van der Waals surface area contributed by atoms with Gasteiger partial charge in [0.1, 0.15) is 19.1 Å². The molecule has 0 saturated heterocycles. The molecule has 0 saturated carbocycles. The maximum atomic E-state index is 12.3. The third-order valence-electron chi connectivity index (χ3n) is 4.79. The van der Waals surface area contributed by atoms with Gasteiger partial charge in [-0.15, -0.1) is 25.3 Å². The van der Waals surface area contributed by atoms with Crippen molar-refractivity contribution in [2.45, 2.75) is 19.8 Å². The Bertz CT molecular complexity index is 1780. The van der Waals surface area contributed by atoms with Crippen LogP contribution in [0.4, 0.5) is 23.3 Å². The number of anilines is 4. The van der Waals surface area contributed by atoms with E-state index in [-0.39, 0.29) is 65.4 Å². The fraction of sp³-hybridized carbons (Fsp3) is 0. The third kappa shape index (κ3) is 8.10. The fourth-order valence-corrected chi connectivity index (χ4v) is 5.87. The van der Waals surface area contributed by atoms with Gasteiger partial charge in [0.25, 0.3) is 20.2 Å². The van der Waals surface area contributed by atoms with Crippen molar-refractivity contribution in [2.24, 2.45) is 0 Å². The van der Waals surface area contributed by atoms with Gasteiger partial charge < -0.3 is 22.0 Å². The minimum Gasteiger partial charge on any atom is -1.00 e. The number of nitrogens with one attached hydrogen (secondary N) is 4. The Morgan fingerprint density at radius 3 is 1.38 bits per heavy atom. The molecule has 4 rings (SSSR count). The van der Waals surface area contributed by atoms with Crippen molar-refractivity contribution in [2.75, 3.05) is 10.6 Å². The van der Waals surface area contributed by atoms with Crippen molar-refractivity contribution in [3.8, 4) is 11.1 Å². The molecule has 2 aromatic heterocycles. The van der Waals surface area contributed by atoms with Gasteiger partial charge in [-0.05, 0) is 24.3 Å². The summed E-state index contributed by atoms with van der Waals surface area (Å²) in [6, 6.07) is 10.4. The Morgan fingerprint density at radius 1 is 0.718 bits per heavy atom. The summed E-state index contributed by atoms with van der Waals surface area (Å²) in [5.74, 6) is 0.284. The van der Waals surface area contributed by atoms with E-state index < -0.39 is 30.0 Å². The van der Waals surface area contributed by atoms with Gasteiger partial charge in [-0.2, -0.15) is 16.8 Å². The van der Waals surface area contributed by atoms with E-state index >= 15 is 0 Å². The molecule has 0 bridgehead atoms. The van der Waals surface area contributed by atoms with Gasteiger partial charge in [0, 0.05) is 34.6 Å². The molecule has 0 aliphatic heterocycles. The molecule has 0 unspecified atom stereocenters. The molecule has 6 N–H and O–H groups in total. The first-order chi connectivity index (χ1) is 17.7. The van der Waals surface area contributed by atoms with Crippen LogP contribution in [0.5, 0.6) is 0 Å². The van der Waals surface area contributed by atoms with Gasteiger partial charge in [0.05, 0.1) is 10.1 Å². The number of aromatic amines is 2. The Kier molecular flexibility index (Phi) is 10.0. The van der Waals surface area contributed by atoms with Gasteiger partial charge >= 0.3 is 29.6 Å². The molecule has 0 atom stereocenters. The number of hydrogen-bond acceptors (Lipinski definition) is 12. The van der Waals surface area contributed by atoms with Gasteiger partial charge in [-0.3, -0.25) is 9.11 Å². The van der Waals surface area contributed by atoms with Crippen molar-refractivity contribution < 1.29 is 56.9 Å². The summed E-state index contributed by atoms with van der Waals surface area (Å²) in [5, 5.41) is 6.21. The number of thiol groups is 2. The molecule has 0 spiro atoms. The molecule has 2 heterocycles. The molecule has 19 heteroatoms. The van der Waals surface area contributed by atoms with E-state index in [0.717, 1.165) is 12.1 Å². The van der Waals surface area contributed by atoms with E-state index in [0.29, 0.717) is 19.3 Å². The average Bonchev–Trinajstić information content (AvgIpc) is 2.76. The average molecular weight is 653 g/mol. The van der Waals surface area contributed by atoms with Crippen LogP contribution in [0.25, 0.3) is 11.1 Å². The van der Waals surface area contributed by atoms with E-state index in [1.165, 1.54) is 36.4 Å². The summed E-state index contributed by atoms with van der Waals surface area (Å²) in [4.78, 5) is 12.4. The number of hydrogen-bond donors (Lipinski definition) is 8. The first-order valence-corrected chi connectivity index (χ1v) is 14.7. The summed E-state index contributed by atoms with van der Waals surface area (Å²) in [5.41, 5.74) is -0.0665. The van der Waals surface area contributed by atoms with Crippen molar-refractivity contribution >= 4 is 93.2 Å². The number of rotatable bonds is 7. The van der Waals surface area contributed by atoms with Crippen LogP contribution < -0.4 is 40.2 Å². The SMILES string of the molecule is O=S(=O)(O)c1cc(Nc2nc(S)cc(=S)[nH]2)ccc1-c1ccc(Nc2nc(S)cc(=S)[nH]2)cc1S(=O)(=O)O.[H-].[Na+]. The molecule has 0 amide bonds. The van der Waals surface area contributed by atoms with E-state index in [9.17, 15) is 25.9 Å². The molecule has 0 aliphatic carbocycles. The maximum absolute atomic E-state index is 12.3. The summed E-state index contributed by atoms with van der Waals surface area (Å²) in [7, 11) is -9.75. The predicted octanol–water partition coefficient (Wildman–Crippen LogP) is 1.93. The van der Waals surface area contributed by atoms with E-state index in [4.69, 9.17) is 24.4 Å². The standard InChI is InChI=1S/C20H16N6O6S6.Na.H/c27-37(28,29)13-5-9(21-19-23-15(33)7-16(34)24-19)1-3-11(13)12-4-2-10(6-14(12)38(30,31)32)22-20-25-17(35)8-18(36)26-20;;/h1-8H,(H,27,28,29)(H,30,31,32)(H3,21,23,24,33,34)(H3,22,25,26,35,36);;/q;+1;-1. The number of H-pyrrole nitrogens is 2. The monoisotopic (exact) mass is 652 g/mol. The molecule has 0 aliphatic rings. The topological polar surface area (TPSA) is 190 Å². The largest absolute Gasteiger partial charge is 1.00 e. The van der Waals surface area contributed by atoms with Crippen LogP contribution in [0, 0.1) is 9.28 Å². The zero-order valence-electron chi connectivity index (χ0n) is 20.6. The molecular weight excluding hydrogens is 636 g/mol. The fourth-order valence-electron chi connectivity index (χ4n) is 3.35. The molecule has 4 aromatic rings. The predicted molar refractivity (Wildman–Crippen MR) is 153 cm³/mol. The third-order valence-corrected chi connectivity index (χ3v) is 7.48. The number of nitrogens with zero attached hydrogens (tertiary/aromatic N) is 2. The summed E-state index contributed by atoms with van der Waals surface area (Å²) in [6.07, 6.45) is 0. The van der Waals surface area contributed by atoms with Crippen LogP contribution in [0.2, 0.25) is 0 Å². The van der Waals surface area contributed by atoms with Gasteiger partial charge in [-0.25, -0.2) is 9.97 Å². The van der Waals surface area contributed by atoms with Crippen LogP contribution in [-0.4, -0.2) is 45.9 Å². The summed E-state index contributed by atoms with van der Waals surface area (Å²) >= 11 is 18.4. The Hall–Kier alpha value is -1.84. The first-order valence-electron chi connectivity index (χ1n) is 10.1. The molecule has 2 aromatic carbocycles. The van der Waals surface area contributed by atoms with Crippen LogP contribution in [-0.2, 0) is 20.2 Å². The maximum Gasteiger partial charge on any atom is 1.00 e. The summed E-state index contributed by atoms with van der Waals surface area (Å²) in [6.45, 7) is 0. The Balaban J connectivity index is 0.00000280. The molecule has 0 fully saturated rings. The van der Waals surface area contributed by atoms with Crippen LogP contribution in [0.3, 0.4) is 0 Å². The smallest absolute Gasteiger partial charge is 1.00 e. The van der Waals surface area contributed by atoms with Gasteiger partial charge in [0.15, 0.2) is 0 Å². The minimum absolute atomic E-state index is 0. The second kappa shape index (κ2) is 12.4. The van der Waals surface area contributed by atoms with Crippen LogP contribution in [0.1, 0.15) is 1.43 Å². The normalized spacial score (nSPS) is 11.5. The Morgan fingerprint density at radius 2 is 1.08 bits per heavy atom. The zero-order chi connectivity index (χ0) is 27.8. The number of benzene rings is 2. The van der Waals surface area contributed by atoms with Crippen molar-refractivity contribution in [1.29, 1.82) is 0 Å². The van der Waals surface area contributed by atoms with E-state index in [2.05, 4.69) is 55.8 Å². The van der Waals surface area contributed by atoms with E-state index in [1.807, 2.05) is 0 Å². The molecular formula is C20H17N6NaO6S6. The minimum atomic E-state index is -4.88. The van der Waals surface area contributed by atoms with Crippen LogP contribution in [0.15, 0.2) is 68.4 Å². The first kappa shape index (κ1) is 31.7. The zero-order valence-corrected chi connectivity index (χ0v) is 26.6. The van der Waals surface area contributed by atoms with Crippen LogP contribution >= 0.6 is 49.7 Å². The van der Waals surface area contributed by atoms with Gasteiger partial charge in [-0.1, -0.05) is 36.6 Å². The Labute approximate surface area is 267 Å². The number of aromatic nitrogens is 4. The van der Waals surface area contributed by atoms with E-state index in [1.54, 1.807) is 0 Å².